The SMILES string of the molecule is CCCCCOc1ccc(CNCCN(C)C)cc1. The third-order valence-electron chi connectivity index (χ3n) is 3.00. The van der Waals surface area contributed by atoms with E-state index in [0.29, 0.717) is 0 Å². The van der Waals surface area contributed by atoms with Crippen LogP contribution >= 0.6 is 0 Å². The van der Waals surface area contributed by atoms with E-state index in [2.05, 4.69) is 55.5 Å². The van der Waals surface area contributed by atoms with Gasteiger partial charge < -0.3 is 15.0 Å². The molecule has 0 aliphatic heterocycles. The van der Waals surface area contributed by atoms with Gasteiger partial charge in [-0.3, -0.25) is 0 Å². The van der Waals surface area contributed by atoms with Gasteiger partial charge in [-0.05, 0) is 38.2 Å². The molecule has 3 nitrogen and oxygen atoms in total. The molecule has 1 rings (SSSR count). The van der Waals surface area contributed by atoms with Gasteiger partial charge in [-0.25, -0.2) is 0 Å². The molecule has 0 aliphatic carbocycles. The Bertz CT molecular complexity index is 322. The van der Waals surface area contributed by atoms with E-state index in [1.54, 1.807) is 0 Å². The average Bonchev–Trinajstić information content (AvgIpc) is 2.41. The number of rotatable bonds is 10. The van der Waals surface area contributed by atoms with Crippen LogP contribution in [0, 0.1) is 0 Å². The number of benzene rings is 1. The summed E-state index contributed by atoms with van der Waals surface area (Å²) in [6.07, 6.45) is 3.62. The minimum Gasteiger partial charge on any atom is -0.494 e. The minimum atomic E-state index is 0.828. The van der Waals surface area contributed by atoms with Crippen molar-refractivity contribution < 1.29 is 4.74 Å². The van der Waals surface area contributed by atoms with E-state index in [1.165, 1.54) is 18.4 Å². The highest BCUT2D eigenvalue weighted by Gasteiger charge is 1.96. The summed E-state index contributed by atoms with van der Waals surface area (Å²) >= 11 is 0. The van der Waals surface area contributed by atoms with Gasteiger partial charge in [0.25, 0.3) is 0 Å². The Balaban J connectivity index is 2.19. The molecule has 0 heterocycles. The van der Waals surface area contributed by atoms with Crippen molar-refractivity contribution in [3.63, 3.8) is 0 Å². The van der Waals surface area contributed by atoms with Crippen molar-refractivity contribution >= 4 is 0 Å². The molecule has 19 heavy (non-hydrogen) atoms. The average molecular weight is 264 g/mol. The van der Waals surface area contributed by atoms with E-state index < -0.39 is 0 Å². The zero-order valence-electron chi connectivity index (χ0n) is 12.6. The van der Waals surface area contributed by atoms with Crippen molar-refractivity contribution in [2.24, 2.45) is 0 Å². The smallest absolute Gasteiger partial charge is 0.119 e. The van der Waals surface area contributed by atoms with Gasteiger partial charge in [-0.2, -0.15) is 0 Å². The number of hydrogen-bond acceptors (Lipinski definition) is 3. The number of ether oxygens (including phenoxy) is 1. The quantitative estimate of drug-likeness (QED) is 0.658. The molecule has 0 unspecified atom stereocenters. The first-order valence-electron chi connectivity index (χ1n) is 7.29. The molecule has 0 aliphatic rings. The third-order valence-corrected chi connectivity index (χ3v) is 3.00. The fourth-order valence-electron chi connectivity index (χ4n) is 1.78. The van der Waals surface area contributed by atoms with Gasteiger partial charge in [-0.1, -0.05) is 31.9 Å². The second-order valence-electron chi connectivity index (χ2n) is 5.18. The van der Waals surface area contributed by atoms with E-state index in [-0.39, 0.29) is 0 Å². The van der Waals surface area contributed by atoms with Crippen molar-refractivity contribution in [3.8, 4) is 5.75 Å². The lowest BCUT2D eigenvalue weighted by Gasteiger charge is -2.11. The van der Waals surface area contributed by atoms with Gasteiger partial charge in [0.05, 0.1) is 6.61 Å². The van der Waals surface area contributed by atoms with Crippen LogP contribution in [-0.4, -0.2) is 38.7 Å². The maximum Gasteiger partial charge on any atom is 0.119 e. The van der Waals surface area contributed by atoms with Crippen LogP contribution in [0.2, 0.25) is 0 Å². The van der Waals surface area contributed by atoms with Crippen molar-refractivity contribution in [3.05, 3.63) is 29.8 Å². The van der Waals surface area contributed by atoms with Crippen molar-refractivity contribution in [2.75, 3.05) is 33.8 Å². The zero-order valence-corrected chi connectivity index (χ0v) is 12.6. The number of nitrogens with one attached hydrogen (secondary N) is 1. The second-order valence-corrected chi connectivity index (χ2v) is 5.18. The van der Waals surface area contributed by atoms with Gasteiger partial charge in [0.1, 0.15) is 5.75 Å². The van der Waals surface area contributed by atoms with Crippen LogP contribution in [0.15, 0.2) is 24.3 Å². The zero-order chi connectivity index (χ0) is 13.9. The molecule has 3 heteroatoms. The van der Waals surface area contributed by atoms with Gasteiger partial charge in [-0.15, -0.1) is 0 Å². The summed E-state index contributed by atoms with van der Waals surface area (Å²) in [6.45, 7) is 6.04. The van der Waals surface area contributed by atoms with Crippen LogP contribution in [-0.2, 0) is 6.54 Å². The number of hydrogen-bond donors (Lipinski definition) is 1. The van der Waals surface area contributed by atoms with Crippen LogP contribution in [0.3, 0.4) is 0 Å². The van der Waals surface area contributed by atoms with E-state index in [4.69, 9.17) is 4.74 Å². The lowest BCUT2D eigenvalue weighted by atomic mass is 10.2. The van der Waals surface area contributed by atoms with Gasteiger partial charge in [0, 0.05) is 19.6 Å². The monoisotopic (exact) mass is 264 g/mol. The number of unbranched alkanes of at least 4 members (excludes halogenated alkanes) is 2. The van der Waals surface area contributed by atoms with Gasteiger partial charge >= 0.3 is 0 Å². The molecular formula is C16H28N2O. The maximum absolute atomic E-state index is 5.69. The summed E-state index contributed by atoms with van der Waals surface area (Å²) in [5.74, 6) is 0.980. The fourth-order valence-corrected chi connectivity index (χ4v) is 1.78. The molecule has 1 aromatic rings. The van der Waals surface area contributed by atoms with Crippen LogP contribution in [0.1, 0.15) is 31.7 Å². The first kappa shape index (κ1) is 16.0. The predicted octanol–water partition coefficient (Wildman–Crippen LogP) is 2.91. The first-order chi connectivity index (χ1) is 9.22. The normalized spacial score (nSPS) is 10.9. The molecule has 0 atom stereocenters. The van der Waals surface area contributed by atoms with Crippen LogP contribution in [0.25, 0.3) is 0 Å². The summed E-state index contributed by atoms with van der Waals surface area (Å²) in [4.78, 5) is 2.18. The highest BCUT2D eigenvalue weighted by Crippen LogP contribution is 2.12. The summed E-state index contributed by atoms with van der Waals surface area (Å²) in [7, 11) is 4.18. The minimum absolute atomic E-state index is 0.828. The third kappa shape index (κ3) is 7.85. The highest BCUT2D eigenvalue weighted by atomic mass is 16.5. The molecular weight excluding hydrogens is 236 g/mol. The molecule has 0 fully saturated rings. The summed E-state index contributed by atoms with van der Waals surface area (Å²) in [6, 6.07) is 8.40. The number of nitrogens with zero attached hydrogens (tertiary/aromatic N) is 1. The Morgan fingerprint density at radius 1 is 1.11 bits per heavy atom. The van der Waals surface area contributed by atoms with E-state index >= 15 is 0 Å². The van der Waals surface area contributed by atoms with Crippen LogP contribution < -0.4 is 10.1 Å². The van der Waals surface area contributed by atoms with E-state index in [1.807, 2.05) is 0 Å². The van der Waals surface area contributed by atoms with Crippen molar-refractivity contribution in [1.82, 2.24) is 10.2 Å². The Morgan fingerprint density at radius 2 is 1.84 bits per heavy atom. The van der Waals surface area contributed by atoms with Crippen molar-refractivity contribution in [1.29, 1.82) is 0 Å². The molecule has 0 amide bonds. The molecule has 0 radical (unpaired) electrons. The van der Waals surface area contributed by atoms with E-state index in [9.17, 15) is 0 Å². The first-order valence-corrected chi connectivity index (χ1v) is 7.29. The fraction of sp³-hybridized carbons (Fsp3) is 0.625. The molecule has 108 valence electrons. The lowest BCUT2D eigenvalue weighted by molar-refractivity contribution is 0.306. The van der Waals surface area contributed by atoms with Gasteiger partial charge in [0.2, 0.25) is 0 Å². The molecule has 0 aromatic heterocycles. The number of likely N-dealkylation sites (N-methyl/N-ethyl adjacent to an activating group) is 1. The van der Waals surface area contributed by atoms with Crippen molar-refractivity contribution in [2.45, 2.75) is 32.7 Å². The van der Waals surface area contributed by atoms with Gasteiger partial charge in [0.15, 0.2) is 0 Å². The predicted molar refractivity (Wildman–Crippen MR) is 81.7 cm³/mol. The second kappa shape index (κ2) is 9.82. The summed E-state index contributed by atoms with van der Waals surface area (Å²) in [5, 5.41) is 3.43. The Hall–Kier alpha value is -1.06. The standard InChI is InChI=1S/C16H28N2O/c1-4-5-6-13-19-16-9-7-15(8-10-16)14-17-11-12-18(2)3/h7-10,17H,4-6,11-14H2,1-3H3. The van der Waals surface area contributed by atoms with Crippen LogP contribution in [0.5, 0.6) is 5.75 Å². The summed E-state index contributed by atoms with van der Waals surface area (Å²) < 4.78 is 5.69. The van der Waals surface area contributed by atoms with E-state index in [0.717, 1.165) is 38.4 Å². The molecule has 0 spiro atoms. The Labute approximate surface area is 118 Å². The Morgan fingerprint density at radius 3 is 2.47 bits per heavy atom. The molecule has 1 N–H and O–H groups in total. The molecule has 0 saturated heterocycles. The largest absolute Gasteiger partial charge is 0.494 e. The summed E-state index contributed by atoms with van der Waals surface area (Å²) in [5.41, 5.74) is 1.31. The maximum atomic E-state index is 5.69. The van der Waals surface area contributed by atoms with Crippen LogP contribution in [0.4, 0.5) is 0 Å². The highest BCUT2D eigenvalue weighted by molar-refractivity contribution is 5.27. The topological polar surface area (TPSA) is 24.5 Å². The molecule has 1 aromatic carbocycles. The Kier molecular flexibility index (Phi) is 8.26. The molecule has 0 bridgehead atoms. The lowest BCUT2D eigenvalue weighted by Crippen LogP contribution is -2.26. The molecule has 0 saturated carbocycles.